The van der Waals surface area contributed by atoms with Crippen molar-refractivity contribution in [3.05, 3.63) is 90.3 Å². The molecule has 9 heteroatoms. The maximum absolute atomic E-state index is 12.1. The first-order valence-electron chi connectivity index (χ1n) is 7.90. The van der Waals surface area contributed by atoms with Gasteiger partial charge in [0.15, 0.2) is 12.4 Å². The van der Waals surface area contributed by atoms with Crippen LogP contribution in [0.2, 0.25) is 0 Å². The summed E-state index contributed by atoms with van der Waals surface area (Å²) in [6.07, 6.45) is 3.75. The van der Waals surface area contributed by atoms with Gasteiger partial charge in [-0.25, -0.2) is 18.2 Å². The minimum Gasteiger partial charge on any atom is -0.744 e. The lowest BCUT2D eigenvalue weighted by atomic mass is 10.1. The first-order valence-corrected chi connectivity index (χ1v) is 9.30. The number of aromatic amines is 1. The molecule has 3 rings (SSSR count). The second-order valence-electron chi connectivity index (χ2n) is 5.36. The Kier molecular flexibility index (Phi) is 6.96. The molecule has 0 bridgehead atoms. The number of amides is 1. The third-order valence-electron chi connectivity index (χ3n) is 3.41. The van der Waals surface area contributed by atoms with Gasteiger partial charge in [0.2, 0.25) is 0 Å². The summed E-state index contributed by atoms with van der Waals surface area (Å²) in [5.74, 6) is -1.89. The maximum atomic E-state index is 12.1. The zero-order valence-electron chi connectivity index (χ0n) is 14.4. The Bertz CT molecular complexity index is 1020. The Hall–Kier alpha value is -3.56. The van der Waals surface area contributed by atoms with Crippen LogP contribution in [0.15, 0.2) is 84.0 Å². The van der Waals surface area contributed by atoms with Gasteiger partial charge in [-0.1, -0.05) is 18.2 Å². The van der Waals surface area contributed by atoms with Gasteiger partial charge in [-0.2, -0.15) is 0 Å². The molecular weight excluding hydrogens is 384 g/mol. The zero-order chi connectivity index (χ0) is 20.6. The minimum atomic E-state index is -4.56. The molecule has 0 aliphatic carbocycles. The fourth-order valence-electron chi connectivity index (χ4n) is 2.11. The van der Waals surface area contributed by atoms with E-state index in [0.29, 0.717) is 0 Å². The van der Waals surface area contributed by atoms with Gasteiger partial charge in [-0.15, -0.1) is 0 Å². The van der Waals surface area contributed by atoms with Crippen LogP contribution in [-0.4, -0.2) is 30.0 Å². The van der Waals surface area contributed by atoms with E-state index in [1.807, 2.05) is 30.6 Å². The van der Waals surface area contributed by atoms with Crippen LogP contribution >= 0.6 is 0 Å². The van der Waals surface area contributed by atoms with Crippen LogP contribution in [0.5, 0.6) is 0 Å². The van der Waals surface area contributed by atoms with Crippen LogP contribution in [0.4, 0.5) is 5.69 Å². The van der Waals surface area contributed by atoms with E-state index in [4.69, 9.17) is 5.11 Å². The molecule has 0 spiro atoms. The molecule has 0 unspecified atom stereocenters. The lowest BCUT2D eigenvalue weighted by molar-refractivity contribution is -0.377. The molecule has 0 saturated carbocycles. The molecule has 0 atom stereocenters. The molecule has 0 fully saturated rings. The monoisotopic (exact) mass is 400 g/mol. The Morgan fingerprint density at radius 1 is 0.857 bits per heavy atom. The standard InChI is InChI=1S/C14H11NO6S.C5H5N/c16-13(11-3-1-2-4-12(11)14(17)18)15-9-5-7-10(8-6-9)22(19,20)21;1-2-4-6-5-3-1/h1-8H,(H,15,16)(H,17,18)(H,19,20,21);1-5H. The maximum Gasteiger partial charge on any atom is 0.336 e. The van der Waals surface area contributed by atoms with E-state index >= 15 is 0 Å². The van der Waals surface area contributed by atoms with Gasteiger partial charge in [0.05, 0.1) is 16.0 Å². The number of H-pyrrole nitrogens is 1. The number of carbonyl (C=O) groups excluding carboxylic acids is 1. The number of aromatic nitrogens is 1. The predicted molar refractivity (Wildman–Crippen MR) is 98.8 cm³/mol. The molecule has 1 aromatic heterocycles. The lowest BCUT2D eigenvalue weighted by Crippen LogP contribution is -2.16. The summed E-state index contributed by atoms with van der Waals surface area (Å²) in [6.45, 7) is 0. The van der Waals surface area contributed by atoms with Crippen LogP contribution in [0, 0.1) is 0 Å². The van der Waals surface area contributed by atoms with Gasteiger partial charge in [-0.05, 0) is 36.4 Å². The summed E-state index contributed by atoms with van der Waals surface area (Å²) in [4.78, 5) is 25.6. The van der Waals surface area contributed by atoms with Crippen LogP contribution < -0.4 is 10.3 Å². The number of carboxylic acid groups (broad SMARTS) is 1. The van der Waals surface area contributed by atoms with Gasteiger partial charge in [0.25, 0.3) is 5.91 Å². The topological polar surface area (TPSA) is 138 Å². The number of anilines is 1. The number of hydrogen-bond donors (Lipinski definition) is 2. The molecule has 0 saturated heterocycles. The molecule has 0 radical (unpaired) electrons. The van der Waals surface area contributed by atoms with Gasteiger partial charge in [-0.3, -0.25) is 4.79 Å². The highest BCUT2D eigenvalue weighted by Gasteiger charge is 2.15. The number of rotatable bonds is 4. The molecule has 144 valence electrons. The molecule has 0 aliphatic heterocycles. The highest BCUT2D eigenvalue weighted by atomic mass is 32.2. The summed E-state index contributed by atoms with van der Waals surface area (Å²) in [6, 6.07) is 16.1. The highest BCUT2D eigenvalue weighted by Crippen LogP contribution is 2.16. The number of nitrogens with one attached hydrogen (secondary N) is 2. The molecule has 1 amide bonds. The molecule has 3 aromatic rings. The van der Waals surface area contributed by atoms with Crippen molar-refractivity contribution in [2.24, 2.45) is 0 Å². The van der Waals surface area contributed by atoms with Crippen molar-refractivity contribution >= 4 is 27.7 Å². The molecule has 28 heavy (non-hydrogen) atoms. The number of hydrogen-bond acceptors (Lipinski definition) is 5. The molecule has 8 nitrogen and oxygen atoms in total. The van der Waals surface area contributed by atoms with Crippen molar-refractivity contribution in [2.75, 3.05) is 5.32 Å². The van der Waals surface area contributed by atoms with Crippen LogP contribution in [0.25, 0.3) is 0 Å². The number of pyridine rings is 1. The summed E-state index contributed by atoms with van der Waals surface area (Å²) in [5.41, 5.74) is 0.0480. The zero-order valence-corrected chi connectivity index (χ0v) is 15.2. The largest absolute Gasteiger partial charge is 0.744 e. The van der Waals surface area contributed by atoms with Crippen molar-refractivity contribution < 1.29 is 32.7 Å². The fourth-order valence-corrected chi connectivity index (χ4v) is 2.58. The number of carboxylic acids is 1. The van der Waals surface area contributed by atoms with Gasteiger partial charge in [0, 0.05) is 17.8 Å². The Morgan fingerprint density at radius 2 is 1.43 bits per heavy atom. The van der Waals surface area contributed by atoms with E-state index in [0.717, 1.165) is 12.1 Å². The molecular formula is C19H16N2O6S. The Labute approximate surface area is 161 Å². The van der Waals surface area contributed by atoms with Gasteiger partial charge >= 0.3 is 5.97 Å². The van der Waals surface area contributed by atoms with Crippen LogP contribution in [-0.2, 0) is 10.1 Å². The minimum absolute atomic E-state index is 0.0319. The van der Waals surface area contributed by atoms with E-state index in [1.165, 1.54) is 36.4 Å². The van der Waals surface area contributed by atoms with Crippen molar-refractivity contribution in [3.63, 3.8) is 0 Å². The van der Waals surface area contributed by atoms with E-state index in [9.17, 15) is 22.6 Å². The Morgan fingerprint density at radius 3 is 1.86 bits per heavy atom. The van der Waals surface area contributed by atoms with Gasteiger partial charge in [0.1, 0.15) is 10.1 Å². The van der Waals surface area contributed by atoms with Crippen LogP contribution in [0.1, 0.15) is 20.7 Å². The molecule has 2 aromatic carbocycles. The fraction of sp³-hybridized carbons (Fsp3) is 0. The molecule has 3 N–H and O–H groups in total. The average Bonchev–Trinajstić information content (AvgIpc) is 2.69. The first-order chi connectivity index (χ1) is 13.3. The number of aromatic carboxylic acids is 1. The average molecular weight is 400 g/mol. The number of carbonyl (C=O) groups is 2. The first kappa shape index (κ1) is 20.7. The van der Waals surface area contributed by atoms with Crippen molar-refractivity contribution in [1.29, 1.82) is 0 Å². The quantitative estimate of drug-likeness (QED) is 0.643. The third kappa shape index (κ3) is 6.01. The number of benzene rings is 2. The summed E-state index contributed by atoms with van der Waals surface area (Å²) in [7, 11) is -4.56. The van der Waals surface area contributed by atoms with E-state index in [1.54, 1.807) is 0 Å². The van der Waals surface area contributed by atoms with Crippen molar-refractivity contribution in [3.8, 4) is 0 Å². The second kappa shape index (κ2) is 9.40. The summed E-state index contributed by atoms with van der Waals surface area (Å²) >= 11 is 0. The summed E-state index contributed by atoms with van der Waals surface area (Å²) < 4.78 is 32.4. The molecule has 1 heterocycles. The smallest absolute Gasteiger partial charge is 0.336 e. The van der Waals surface area contributed by atoms with Crippen molar-refractivity contribution in [2.45, 2.75) is 4.90 Å². The summed E-state index contributed by atoms with van der Waals surface area (Å²) in [5, 5.41) is 11.5. The van der Waals surface area contributed by atoms with E-state index in [2.05, 4.69) is 10.3 Å². The predicted octanol–water partition coefficient (Wildman–Crippen LogP) is 2.04. The van der Waals surface area contributed by atoms with Crippen LogP contribution in [0.3, 0.4) is 0 Å². The highest BCUT2D eigenvalue weighted by molar-refractivity contribution is 7.85. The molecule has 0 aliphatic rings. The normalized spacial score (nSPS) is 10.3. The van der Waals surface area contributed by atoms with Gasteiger partial charge < -0.3 is 15.0 Å². The van der Waals surface area contributed by atoms with E-state index in [-0.39, 0.29) is 16.8 Å². The third-order valence-corrected chi connectivity index (χ3v) is 4.26. The lowest BCUT2D eigenvalue weighted by Gasteiger charge is -2.10. The van der Waals surface area contributed by atoms with Crippen molar-refractivity contribution in [1.82, 2.24) is 0 Å². The van der Waals surface area contributed by atoms with E-state index < -0.39 is 26.9 Å². The SMILES string of the molecule is O=C(O)c1ccccc1C(=O)Nc1ccc(S(=O)(=O)[O-])cc1.c1cc[nH+]cc1. The second-order valence-corrected chi connectivity index (χ2v) is 6.74. The Balaban J connectivity index is 0.000000397.